The Labute approximate surface area is 120 Å². The van der Waals surface area contributed by atoms with Gasteiger partial charge in [-0.05, 0) is 48.3 Å². The van der Waals surface area contributed by atoms with Crippen LogP contribution in [0.3, 0.4) is 0 Å². The molecule has 0 unspecified atom stereocenters. The second-order valence-electron chi connectivity index (χ2n) is 5.26. The van der Waals surface area contributed by atoms with Crippen LogP contribution < -0.4 is 10.5 Å². The van der Waals surface area contributed by atoms with E-state index in [0.717, 1.165) is 28.3 Å². The Morgan fingerprint density at radius 2 is 1.83 bits per heavy atom. The standard InChI is InChI=1S/C13H18IN3O/c14-10-11(9-5-6-9)15-13(16-12(10)18)17-7-3-1-2-4-8-17/h9H,1-8H2,(H,15,16,18). The highest BCUT2D eigenvalue weighted by atomic mass is 127. The number of anilines is 1. The molecule has 0 radical (unpaired) electrons. The number of rotatable bonds is 2. The van der Waals surface area contributed by atoms with E-state index in [0.29, 0.717) is 5.92 Å². The molecule has 1 aliphatic carbocycles. The third kappa shape index (κ3) is 2.55. The van der Waals surface area contributed by atoms with E-state index in [9.17, 15) is 4.79 Å². The zero-order valence-corrected chi connectivity index (χ0v) is 12.6. The average Bonchev–Trinajstić information content (AvgIpc) is 3.17. The van der Waals surface area contributed by atoms with Gasteiger partial charge in [-0.2, -0.15) is 0 Å². The summed E-state index contributed by atoms with van der Waals surface area (Å²) in [7, 11) is 0. The van der Waals surface area contributed by atoms with Crippen LogP contribution in [-0.2, 0) is 0 Å². The molecule has 98 valence electrons. The number of hydrogen-bond acceptors (Lipinski definition) is 3. The fourth-order valence-corrected chi connectivity index (χ4v) is 3.22. The highest BCUT2D eigenvalue weighted by molar-refractivity contribution is 14.1. The van der Waals surface area contributed by atoms with Crippen LogP contribution >= 0.6 is 22.6 Å². The molecule has 3 rings (SSSR count). The number of aromatic amines is 1. The van der Waals surface area contributed by atoms with Crippen LogP contribution in [-0.4, -0.2) is 23.1 Å². The predicted octanol–water partition coefficient (Wildman–Crippen LogP) is 2.63. The molecular formula is C13H18IN3O. The Kier molecular flexibility index (Phi) is 3.59. The van der Waals surface area contributed by atoms with Gasteiger partial charge >= 0.3 is 0 Å². The molecule has 0 spiro atoms. The Balaban J connectivity index is 1.93. The number of halogens is 1. The van der Waals surface area contributed by atoms with Gasteiger partial charge in [0.05, 0.1) is 5.69 Å². The molecule has 5 heteroatoms. The lowest BCUT2D eigenvalue weighted by Gasteiger charge is -2.21. The van der Waals surface area contributed by atoms with Gasteiger partial charge in [-0.25, -0.2) is 4.98 Å². The van der Waals surface area contributed by atoms with E-state index >= 15 is 0 Å². The zero-order chi connectivity index (χ0) is 12.5. The summed E-state index contributed by atoms with van der Waals surface area (Å²) >= 11 is 2.13. The molecular weight excluding hydrogens is 341 g/mol. The van der Waals surface area contributed by atoms with Crippen molar-refractivity contribution in [2.24, 2.45) is 0 Å². The predicted molar refractivity (Wildman–Crippen MR) is 80.2 cm³/mol. The van der Waals surface area contributed by atoms with Crippen molar-refractivity contribution in [1.29, 1.82) is 0 Å². The summed E-state index contributed by atoms with van der Waals surface area (Å²) in [6.45, 7) is 2.04. The molecule has 0 bridgehead atoms. The highest BCUT2D eigenvalue weighted by Gasteiger charge is 2.29. The average molecular weight is 359 g/mol. The summed E-state index contributed by atoms with van der Waals surface area (Å²) in [4.78, 5) is 21.9. The molecule has 0 amide bonds. The summed E-state index contributed by atoms with van der Waals surface area (Å²) in [5.41, 5.74) is 1.06. The summed E-state index contributed by atoms with van der Waals surface area (Å²) in [6.07, 6.45) is 7.36. The van der Waals surface area contributed by atoms with Crippen LogP contribution in [0.1, 0.15) is 50.1 Å². The molecule has 0 aromatic carbocycles. The Hall–Kier alpha value is -0.590. The minimum Gasteiger partial charge on any atom is -0.342 e. The van der Waals surface area contributed by atoms with Gasteiger partial charge in [-0.3, -0.25) is 9.78 Å². The van der Waals surface area contributed by atoms with Gasteiger partial charge in [-0.15, -0.1) is 0 Å². The van der Waals surface area contributed by atoms with Crippen LogP contribution in [0.4, 0.5) is 5.95 Å². The van der Waals surface area contributed by atoms with E-state index in [1.54, 1.807) is 0 Å². The second kappa shape index (κ2) is 5.19. The van der Waals surface area contributed by atoms with E-state index in [4.69, 9.17) is 4.98 Å². The maximum absolute atomic E-state index is 12.0. The summed E-state index contributed by atoms with van der Waals surface area (Å²) in [6, 6.07) is 0. The van der Waals surface area contributed by atoms with Crippen molar-refractivity contribution in [1.82, 2.24) is 9.97 Å². The monoisotopic (exact) mass is 359 g/mol. The van der Waals surface area contributed by atoms with Crippen molar-refractivity contribution < 1.29 is 0 Å². The first-order valence-corrected chi connectivity index (χ1v) is 7.88. The van der Waals surface area contributed by atoms with Gasteiger partial charge in [0.25, 0.3) is 5.56 Å². The van der Waals surface area contributed by atoms with Crippen molar-refractivity contribution in [3.05, 3.63) is 19.6 Å². The normalized spacial score (nSPS) is 20.8. The molecule has 2 fully saturated rings. The van der Waals surface area contributed by atoms with E-state index in [1.165, 1.54) is 38.5 Å². The largest absolute Gasteiger partial charge is 0.342 e. The Morgan fingerprint density at radius 3 is 2.44 bits per heavy atom. The molecule has 1 aromatic rings. The molecule has 1 aromatic heterocycles. The first-order valence-electron chi connectivity index (χ1n) is 6.80. The molecule has 2 aliphatic rings. The van der Waals surface area contributed by atoms with Gasteiger partial charge < -0.3 is 4.90 Å². The van der Waals surface area contributed by atoms with Gasteiger partial charge in [-0.1, -0.05) is 12.8 Å². The van der Waals surface area contributed by atoms with E-state index < -0.39 is 0 Å². The van der Waals surface area contributed by atoms with E-state index in [2.05, 4.69) is 32.5 Å². The maximum Gasteiger partial charge on any atom is 0.266 e. The van der Waals surface area contributed by atoms with Gasteiger partial charge in [0.2, 0.25) is 5.95 Å². The first-order chi connectivity index (χ1) is 8.75. The quantitative estimate of drug-likeness (QED) is 0.826. The SMILES string of the molecule is O=c1[nH]c(N2CCCCCC2)nc(C2CC2)c1I. The van der Waals surface area contributed by atoms with Crippen LogP contribution in [0.2, 0.25) is 0 Å². The topological polar surface area (TPSA) is 49.0 Å². The minimum absolute atomic E-state index is 0.0340. The Morgan fingerprint density at radius 1 is 1.17 bits per heavy atom. The van der Waals surface area contributed by atoms with Crippen molar-refractivity contribution in [2.45, 2.75) is 44.4 Å². The molecule has 0 atom stereocenters. The third-order valence-electron chi connectivity index (χ3n) is 3.75. The fraction of sp³-hybridized carbons (Fsp3) is 0.692. The lowest BCUT2D eigenvalue weighted by Crippen LogP contribution is -2.29. The Bertz CT molecular complexity index is 487. The van der Waals surface area contributed by atoms with Crippen LogP contribution in [0.15, 0.2) is 4.79 Å². The number of nitrogens with zero attached hydrogens (tertiary/aromatic N) is 2. The minimum atomic E-state index is 0.0340. The summed E-state index contributed by atoms with van der Waals surface area (Å²) in [5.74, 6) is 1.33. The lowest BCUT2D eigenvalue weighted by atomic mass is 10.2. The van der Waals surface area contributed by atoms with Gasteiger partial charge in [0.15, 0.2) is 0 Å². The summed E-state index contributed by atoms with van der Waals surface area (Å²) in [5, 5.41) is 0. The number of hydrogen-bond donors (Lipinski definition) is 1. The van der Waals surface area contributed by atoms with Crippen LogP contribution in [0.5, 0.6) is 0 Å². The zero-order valence-electron chi connectivity index (χ0n) is 10.4. The lowest BCUT2D eigenvalue weighted by molar-refractivity contribution is 0.726. The van der Waals surface area contributed by atoms with Crippen molar-refractivity contribution in [3.63, 3.8) is 0 Å². The molecule has 2 heterocycles. The van der Waals surface area contributed by atoms with E-state index in [-0.39, 0.29) is 5.56 Å². The smallest absolute Gasteiger partial charge is 0.266 e. The molecule has 1 saturated carbocycles. The number of H-pyrrole nitrogens is 1. The van der Waals surface area contributed by atoms with E-state index in [1.807, 2.05) is 0 Å². The maximum atomic E-state index is 12.0. The van der Waals surface area contributed by atoms with Crippen LogP contribution in [0.25, 0.3) is 0 Å². The van der Waals surface area contributed by atoms with Crippen molar-refractivity contribution in [3.8, 4) is 0 Å². The van der Waals surface area contributed by atoms with Crippen molar-refractivity contribution >= 4 is 28.5 Å². The number of nitrogens with one attached hydrogen (secondary N) is 1. The third-order valence-corrected chi connectivity index (χ3v) is 4.79. The molecule has 1 aliphatic heterocycles. The molecule has 4 nitrogen and oxygen atoms in total. The van der Waals surface area contributed by atoms with Crippen molar-refractivity contribution in [2.75, 3.05) is 18.0 Å². The molecule has 1 N–H and O–H groups in total. The molecule has 1 saturated heterocycles. The molecule has 18 heavy (non-hydrogen) atoms. The van der Waals surface area contributed by atoms with Gasteiger partial charge in [0, 0.05) is 19.0 Å². The van der Waals surface area contributed by atoms with Crippen LogP contribution in [0, 0.1) is 3.57 Å². The summed E-state index contributed by atoms with van der Waals surface area (Å²) < 4.78 is 0.786. The first kappa shape index (κ1) is 12.4. The second-order valence-corrected chi connectivity index (χ2v) is 6.34. The number of aromatic nitrogens is 2. The fourth-order valence-electron chi connectivity index (χ4n) is 2.52. The van der Waals surface area contributed by atoms with Gasteiger partial charge in [0.1, 0.15) is 3.57 Å². The highest BCUT2D eigenvalue weighted by Crippen LogP contribution is 2.40.